The van der Waals surface area contributed by atoms with Gasteiger partial charge in [0.1, 0.15) is 5.39 Å². The largest absolute Gasteiger partial charge is 0.342 e. The Hall–Kier alpha value is -2.37. The minimum atomic E-state index is -0.0397. The van der Waals surface area contributed by atoms with Crippen molar-refractivity contribution in [3.05, 3.63) is 40.9 Å². The minimum absolute atomic E-state index is 0.0397. The highest BCUT2D eigenvalue weighted by atomic mass is 16.1. The Labute approximate surface area is 197 Å². The molecule has 6 nitrogen and oxygen atoms in total. The number of hydrogen-bond donors (Lipinski definition) is 0. The van der Waals surface area contributed by atoms with Gasteiger partial charge in [-0.15, -0.1) is 6.58 Å². The van der Waals surface area contributed by atoms with E-state index in [4.69, 9.17) is 0 Å². The van der Waals surface area contributed by atoms with Crippen LogP contribution in [0, 0.1) is 0 Å². The molecule has 32 heavy (non-hydrogen) atoms. The Balaban J connectivity index is 0. The smallest absolute Gasteiger partial charge is 0.266 e. The number of anilines is 1. The first-order chi connectivity index (χ1) is 15.5. The summed E-state index contributed by atoms with van der Waals surface area (Å²) in [6, 6.07) is 0. The van der Waals surface area contributed by atoms with Crippen LogP contribution in [0.1, 0.15) is 86.8 Å². The molecule has 0 saturated heterocycles. The number of aromatic nitrogens is 4. The highest BCUT2D eigenvalue weighted by molar-refractivity contribution is 5.78. The second-order valence-electron chi connectivity index (χ2n) is 6.88. The monoisotopic (exact) mass is 447 g/mol. The first-order valence-corrected chi connectivity index (χ1v) is 12.4. The molecule has 0 aromatic carbocycles. The average molecular weight is 448 g/mol. The van der Waals surface area contributed by atoms with Crippen molar-refractivity contribution in [2.45, 2.75) is 87.5 Å². The van der Waals surface area contributed by atoms with Crippen LogP contribution >= 0.6 is 0 Å². The van der Waals surface area contributed by atoms with Crippen molar-refractivity contribution in [2.24, 2.45) is 14.1 Å². The lowest BCUT2D eigenvalue weighted by atomic mass is 10.2. The molecule has 0 N–H and O–H groups in total. The molecule has 0 spiro atoms. The van der Waals surface area contributed by atoms with Gasteiger partial charge in [-0.1, -0.05) is 73.1 Å². The molecule has 0 amide bonds. The number of fused-ring (bicyclic) bond motifs is 1. The van der Waals surface area contributed by atoms with Gasteiger partial charge in [0.15, 0.2) is 5.65 Å². The molecule has 2 aromatic heterocycles. The van der Waals surface area contributed by atoms with Crippen molar-refractivity contribution in [3.63, 3.8) is 0 Å². The summed E-state index contributed by atoms with van der Waals surface area (Å²) in [5.74, 6) is 0.699. The molecule has 0 aliphatic heterocycles. The third-order valence-corrected chi connectivity index (χ3v) is 4.47. The van der Waals surface area contributed by atoms with E-state index in [2.05, 4.69) is 61.4 Å². The maximum Gasteiger partial charge on any atom is 0.266 e. The van der Waals surface area contributed by atoms with Crippen molar-refractivity contribution in [3.8, 4) is 0 Å². The molecule has 0 aliphatic carbocycles. The Morgan fingerprint density at radius 3 is 1.97 bits per heavy atom. The van der Waals surface area contributed by atoms with Crippen molar-refractivity contribution in [2.75, 3.05) is 18.0 Å². The van der Waals surface area contributed by atoms with Crippen LogP contribution in [0.15, 0.2) is 29.6 Å². The van der Waals surface area contributed by atoms with Gasteiger partial charge in [0.05, 0.1) is 5.69 Å². The van der Waals surface area contributed by atoms with Gasteiger partial charge in [-0.2, -0.15) is 10.1 Å². The number of nitrogens with zero attached hydrogens (tertiary/aromatic N) is 5. The normalized spacial score (nSPS) is 9.94. The van der Waals surface area contributed by atoms with Crippen LogP contribution in [0.5, 0.6) is 0 Å². The number of allylic oxidation sites excluding steroid dienone is 3. The predicted octanol–water partition coefficient (Wildman–Crippen LogP) is 6.44. The van der Waals surface area contributed by atoms with E-state index in [1.54, 1.807) is 22.4 Å². The molecule has 0 radical (unpaired) electrons. The lowest BCUT2D eigenvalue weighted by Crippen LogP contribution is -2.33. The fraction of sp³-hybridized carbons (Fsp3) is 0.654. The van der Waals surface area contributed by atoms with Crippen LogP contribution in [-0.4, -0.2) is 32.4 Å². The van der Waals surface area contributed by atoms with Crippen molar-refractivity contribution >= 4 is 17.0 Å². The van der Waals surface area contributed by atoms with E-state index in [0.717, 1.165) is 31.6 Å². The number of rotatable bonds is 9. The van der Waals surface area contributed by atoms with Gasteiger partial charge >= 0.3 is 0 Å². The third-order valence-electron chi connectivity index (χ3n) is 4.47. The van der Waals surface area contributed by atoms with Gasteiger partial charge in [0.25, 0.3) is 5.56 Å². The summed E-state index contributed by atoms with van der Waals surface area (Å²) in [7, 11) is 3.63. The van der Waals surface area contributed by atoms with E-state index in [9.17, 15) is 4.79 Å². The van der Waals surface area contributed by atoms with Crippen molar-refractivity contribution < 1.29 is 0 Å². The second-order valence-corrected chi connectivity index (χ2v) is 6.88. The molecule has 0 atom stereocenters. The molecule has 0 fully saturated rings. The lowest BCUT2D eigenvalue weighted by molar-refractivity contribution is 0.684. The fourth-order valence-corrected chi connectivity index (χ4v) is 3.11. The molecular weight excluding hydrogens is 398 g/mol. The summed E-state index contributed by atoms with van der Waals surface area (Å²) in [5, 5.41) is 5.01. The summed E-state index contributed by atoms with van der Waals surface area (Å²) >= 11 is 0. The summed E-state index contributed by atoms with van der Waals surface area (Å²) in [6.07, 6.45) is 11.2. The second kappa shape index (κ2) is 19.3. The third kappa shape index (κ3) is 9.41. The number of aryl methyl sites for hydroxylation is 1. The van der Waals surface area contributed by atoms with Gasteiger partial charge in [-0.3, -0.25) is 14.0 Å². The zero-order chi connectivity index (χ0) is 25.1. The van der Waals surface area contributed by atoms with Crippen LogP contribution in [0.3, 0.4) is 0 Å². The first kappa shape index (κ1) is 31.8. The van der Waals surface area contributed by atoms with Crippen molar-refractivity contribution in [1.29, 1.82) is 0 Å². The average Bonchev–Trinajstić information content (AvgIpc) is 3.13. The van der Waals surface area contributed by atoms with Crippen LogP contribution in [0.2, 0.25) is 0 Å². The van der Waals surface area contributed by atoms with E-state index < -0.39 is 0 Å². The first-order valence-electron chi connectivity index (χ1n) is 12.4. The zero-order valence-electron chi connectivity index (χ0n) is 22.5. The Bertz CT molecular complexity index is 827. The van der Waals surface area contributed by atoms with Gasteiger partial charge in [-0.05, 0) is 26.2 Å². The Morgan fingerprint density at radius 2 is 1.56 bits per heavy atom. The fourth-order valence-electron chi connectivity index (χ4n) is 3.11. The molecule has 0 unspecified atom stereocenters. The van der Waals surface area contributed by atoms with Gasteiger partial charge in [-0.25, -0.2) is 0 Å². The molecule has 2 heterocycles. The standard InChI is InChI=1S/C16H25N5O.C6H12.2C2H6/c1-6-9-12-13-14(18-20(12)5)17-16(19(4)15(13)22)21(10-7-2)11-8-3;1-3-5-6-4-2;2*1-2/h6H,1,7-11H2,2-5H3;3,5H,4,6H2,1-2H3;2*1-2H3/b;5-3+;;. The summed E-state index contributed by atoms with van der Waals surface area (Å²) in [4.78, 5) is 19.6. The molecule has 2 aromatic rings. The topological polar surface area (TPSA) is 56.0 Å². The minimum Gasteiger partial charge on any atom is -0.342 e. The SMILES string of the molecule is C/C=C/CCC.C=CCc1c2c(=O)n(C)c(N(CCC)CCC)nc2nn1C.CC.CC. The van der Waals surface area contributed by atoms with Crippen LogP contribution in [-0.2, 0) is 20.5 Å². The van der Waals surface area contributed by atoms with Gasteiger partial charge in [0.2, 0.25) is 5.95 Å². The molecule has 2 rings (SSSR count). The summed E-state index contributed by atoms with van der Waals surface area (Å²) in [6.45, 7) is 22.0. The molecular formula is C26H49N5O. The molecule has 0 bridgehead atoms. The van der Waals surface area contributed by atoms with Crippen LogP contribution in [0.25, 0.3) is 11.0 Å². The Kier molecular flexibility index (Phi) is 19.2. The predicted molar refractivity (Wildman–Crippen MR) is 143 cm³/mol. The van der Waals surface area contributed by atoms with Crippen molar-refractivity contribution in [1.82, 2.24) is 19.3 Å². The van der Waals surface area contributed by atoms with E-state index in [0.29, 0.717) is 23.4 Å². The highest BCUT2D eigenvalue weighted by Gasteiger charge is 2.19. The molecule has 0 saturated carbocycles. The maximum absolute atomic E-state index is 12.8. The van der Waals surface area contributed by atoms with Gasteiger partial charge < -0.3 is 4.90 Å². The lowest BCUT2D eigenvalue weighted by Gasteiger charge is -2.24. The van der Waals surface area contributed by atoms with E-state index in [1.807, 2.05) is 34.7 Å². The summed E-state index contributed by atoms with van der Waals surface area (Å²) < 4.78 is 3.37. The summed E-state index contributed by atoms with van der Waals surface area (Å²) in [5.41, 5.74) is 1.35. The molecule has 6 heteroatoms. The van der Waals surface area contributed by atoms with E-state index in [-0.39, 0.29) is 5.56 Å². The van der Waals surface area contributed by atoms with E-state index in [1.165, 1.54) is 12.8 Å². The Morgan fingerprint density at radius 1 is 1.00 bits per heavy atom. The zero-order valence-corrected chi connectivity index (χ0v) is 22.5. The number of unbranched alkanes of at least 4 members (excludes halogenated alkanes) is 1. The molecule has 0 aliphatic rings. The molecule has 184 valence electrons. The van der Waals surface area contributed by atoms with Crippen LogP contribution < -0.4 is 10.5 Å². The maximum atomic E-state index is 12.8. The quantitative estimate of drug-likeness (QED) is 0.415. The number of hydrogen-bond acceptors (Lipinski definition) is 4. The van der Waals surface area contributed by atoms with Crippen LogP contribution in [0.4, 0.5) is 5.95 Å². The van der Waals surface area contributed by atoms with E-state index >= 15 is 0 Å². The van der Waals surface area contributed by atoms with Gasteiger partial charge in [0, 0.05) is 33.6 Å². The highest BCUT2D eigenvalue weighted by Crippen LogP contribution is 2.17.